The molecule has 0 aliphatic rings. The first-order chi connectivity index (χ1) is 8.07. The van der Waals surface area contributed by atoms with Gasteiger partial charge in [0.1, 0.15) is 0 Å². The number of alkyl halides is 5. The van der Waals surface area contributed by atoms with E-state index in [1.165, 1.54) is 30.4 Å². The Bertz CT molecular complexity index is 470. The summed E-state index contributed by atoms with van der Waals surface area (Å²) < 4.78 is 61.1. The van der Waals surface area contributed by atoms with E-state index >= 15 is 0 Å². The molecule has 1 amide bonds. The zero-order chi connectivity index (χ0) is 14.1. The molecule has 18 heavy (non-hydrogen) atoms. The number of carbonyl (C=O) groups excluding carboxylic acids is 1. The Labute approximate surface area is 98.8 Å². The summed E-state index contributed by atoms with van der Waals surface area (Å²) in [5.41, 5.74) is 5.62. The minimum atomic E-state index is -5.94. The van der Waals surface area contributed by atoms with Gasteiger partial charge in [0.05, 0.1) is 0 Å². The second-order valence-electron chi connectivity index (χ2n) is 3.55. The van der Waals surface area contributed by atoms with Gasteiger partial charge >= 0.3 is 18.0 Å². The van der Waals surface area contributed by atoms with Gasteiger partial charge in [0.25, 0.3) is 0 Å². The average Bonchev–Trinajstić information content (AvgIpc) is 2.23. The van der Waals surface area contributed by atoms with E-state index in [1.807, 2.05) is 0 Å². The second-order valence-corrected chi connectivity index (χ2v) is 3.55. The zero-order valence-corrected chi connectivity index (χ0v) is 9.11. The highest BCUT2D eigenvalue weighted by molar-refractivity contribution is 5.97. The first-order valence-corrected chi connectivity index (χ1v) is 4.68. The molecule has 3 N–H and O–H groups in total. The number of rotatable bonds is 2. The molecular weight excluding hydrogens is 259 g/mol. The molecule has 0 bridgehead atoms. The molecule has 0 saturated carbocycles. The summed E-state index contributed by atoms with van der Waals surface area (Å²) in [6.45, 7) is 1.39. The van der Waals surface area contributed by atoms with Crippen LogP contribution in [0.3, 0.4) is 0 Å². The fourth-order valence-corrected chi connectivity index (χ4v) is 1.12. The molecule has 0 radical (unpaired) electrons. The first kappa shape index (κ1) is 14.2. The van der Waals surface area contributed by atoms with Gasteiger partial charge in [-0.05, 0) is 24.6 Å². The fourth-order valence-electron chi connectivity index (χ4n) is 1.12. The van der Waals surface area contributed by atoms with Crippen molar-refractivity contribution >= 4 is 17.3 Å². The number of halogens is 5. The van der Waals surface area contributed by atoms with E-state index in [0.717, 1.165) is 0 Å². The average molecular weight is 268 g/mol. The molecule has 100 valence electrons. The van der Waals surface area contributed by atoms with Crippen LogP contribution in [0.1, 0.15) is 5.56 Å². The Hall–Kier alpha value is -1.86. The number of hydrogen-bond donors (Lipinski definition) is 2. The molecule has 0 aliphatic carbocycles. The molecular formula is C10H9F5N2O. The maximum atomic E-state index is 12.7. The molecule has 0 unspecified atom stereocenters. The summed E-state index contributed by atoms with van der Waals surface area (Å²) in [5.74, 6) is -7.90. The van der Waals surface area contributed by atoms with Crippen molar-refractivity contribution in [1.29, 1.82) is 0 Å². The Balaban J connectivity index is 2.99. The van der Waals surface area contributed by atoms with Gasteiger partial charge in [0, 0.05) is 11.4 Å². The summed E-state index contributed by atoms with van der Waals surface area (Å²) in [6.07, 6.45) is -5.94. The summed E-state index contributed by atoms with van der Waals surface area (Å²) in [5, 5.41) is 1.51. The van der Waals surface area contributed by atoms with E-state index in [9.17, 15) is 26.7 Å². The minimum absolute atomic E-state index is 0.170. The third-order valence-corrected chi connectivity index (χ3v) is 2.27. The van der Waals surface area contributed by atoms with Crippen LogP contribution in [0.4, 0.5) is 33.3 Å². The lowest BCUT2D eigenvalue weighted by Crippen LogP contribution is -2.47. The van der Waals surface area contributed by atoms with E-state index in [1.54, 1.807) is 0 Å². The van der Waals surface area contributed by atoms with E-state index in [4.69, 9.17) is 5.73 Å². The van der Waals surface area contributed by atoms with Crippen LogP contribution in [0.15, 0.2) is 18.2 Å². The number of benzene rings is 1. The van der Waals surface area contributed by atoms with Gasteiger partial charge < -0.3 is 11.1 Å². The summed E-state index contributed by atoms with van der Waals surface area (Å²) in [7, 11) is 0. The van der Waals surface area contributed by atoms with Crippen LogP contribution in [0.25, 0.3) is 0 Å². The molecule has 1 aromatic carbocycles. The Morgan fingerprint density at radius 2 is 1.78 bits per heavy atom. The number of nitrogens with two attached hydrogens (primary N) is 1. The Morgan fingerprint density at radius 3 is 2.28 bits per heavy atom. The van der Waals surface area contributed by atoms with Crippen molar-refractivity contribution in [1.82, 2.24) is 0 Å². The van der Waals surface area contributed by atoms with Crippen molar-refractivity contribution in [3.05, 3.63) is 23.8 Å². The van der Waals surface area contributed by atoms with Gasteiger partial charge in [-0.15, -0.1) is 0 Å². The molecule has 1 rings (SSSR count). The Morgan fingerprint density at radius 1 is 1.22 bits per heavy atom. The number of carbonyl (C=O) groups is 1. The summed E-state index contributed by atoms with van der Waals surface area (Å²) >= 11 is 0. The Kier molecular flexibility index (Phi) is 3.50. The monoisotopic (exact) mass is 268 g/mol. The molecule has 8 heteroatoms. The molecule has 0 fully saturated rings. The number of nitrogen functional groups attached to an aromatic ring is 1. The highest BCUT2D eigenvalue weighted by Crippen LogP contribution is 2.36. The number of hydrogen-bond acceptors (Lipinski definition) is 2. The van der Waals surface area contributed by atoms with Crippen molar-refractivity contribution < 1.29 is 26.7 Å². The standard InChI is InChI=1S/C10H9F5N2O/c1-5-6(16)3-2-4-7(5)17-8(18)9(11,12)10(13,14)15/h2-4H,16H2,1H3,(H,17,18). The molecule has 0 aliphatic heterocycles. The van der Waals surface area contributed by atoms with Crippen LogP contribution in [0.5, 0.6) is 0 Å². The zero-order valence-electron chi connectivity index (χ0n) is 9.11. The van der Waals surface area contributed by atoms with E-state index in [2.05, 4.69) is 0 Å². The molecule has 1 aromatic rings. The lowest BCUT2D eigenvalue weighted by Gasteiger charge is -2.19. The van der Waals surface area contributed by atoms with Gasteiger partial charge in [0.2, 0.25) is 0 Å². The predicted molar refractivity (Wildman–Crippen MR) is 55.2 cm³/mol. The highest BCUT2D eigenvalue weighted by Gasteiger charge is 2.63. The van der Waals surface area contributed by atoms with Gasteiger partial charge in [-0.1, -0.05) is 6.07 Å². The summed E-state index contributed by atoms with van der Waals surface area (Å²) in [6, 6.07) is 3.92. The van der Waals surface area contributed by atoms with Crippen molar-refractivity contribution in [3.63, 3.8) is 0 Å². The van der Waals surface area contributed by atoms with E-state index < -0.39 is 18.0 Å². The normalized spacial score (nSPS) is 12.3. The summed E-state index contributed by atoms with van der Waals surface area (Å²) in [4.78, 5) is 10.9. The van der Waals surface area contributed by atoms with Crippen LogP contribution in [0.2, 0.25) is 0 Å². The van der Waals surface area contributed by atoms with Crippen molar-refractivity contribution in [3.8, 4) is 0 Å². The smallest absolute Gasteiger partial charge is 0.398 e. The minimum Gasteiger partial charge on any atom is -0.398 e. The van der Waals surface area contributed by atoms with Crippen LogP contribution >= 0.6 is 0 Å². The predicted octanol–water partition coefficient (Wildman–Crippen LogP) is 2.71. The fraction of sp³-hybridized carbons (Fsp3) is 0.300. The molecule has 0 saturated heterocycles. The highest BCUT2D eigenvalue weighted by atomic mass is 19.4. The van der Waals surface area contributed by atoms with Crippen LogP contribution in [-0.4, -0.2) is 18.0 Å². The van der Waals surface area contributed by atoms with Crippen LogP contribution in [-0.2, 0) is 4.79 Å². The SMILES string of the molecule is Cc1c(N)cccc1NC(=O)C(F)(F)C(F)(F)F. The largest absolute Gasteiger partial charge is 0.463 e. The second kappa shape index (κ2) is 4.43. The first-order valence-electron chi connectivity index (χ1n) is 4.68. The van der Waals surface area contributed by atoms with Crippen molar-refractivity contribution in [2.24, 2.45) is 0 Å². The number of anilines is 2. The van der Waals surface area contributed by atoms with E-state index in [-0.39, 0.29) is 16.9 Å². The van der Waals surface area contributed by atoms with Crippen LogP contribution in [0, 0.1) is 6.92 Å². The molecule has 0 aromatic heterocycles. The van der Waals surface area contributed by atoms with E-state index in [0.29, 0.717) is 0 Å². The maximum absolute atomic E-state index is 12.7. The van der Waals surface area contributed by atoms with Crippen molar-refractivity contribution in [2.75, 3.05) is 11.1 Å². The topological polar surface area (TPSA) is 55.1 Å². The van der Waals surface area contributed by atoms with Crippen molar-refractivity contribution in [2.45, 2.75) is 19.0 Å². The lowest BCUT2D eigenvalue weighted by molar-refractivity contribution is -0.267. The molecule has 3 nitrogen and oxygen atoms in total. The maximum Gasteiger partial charge on any atom is 0.463 e. The lowest BCUT2D eigenvalue weighted by atomic mass is 10.1. The van der Waals surface area contributed by atoms with Crippen LogP contribution < -0.4 is 11.1 Å². The third-order valence-electron chi connectivity index (χ3n) is 2.27. The van der Waals surface area contributed by atoms with Gasteiger partial charge in [-0.3, -0.25) is 4.79 Å². The number of amides is 1. The molecule has 0 atom stereocenters. The van der Waals surface area contributed by atoms with Gasteiger partial charge in [-0.25, -0.2) is 0 Å². The van der Waals surface area contributed by atoms with Gasteiger partial charge in [0.15, 0.2) is 0 Å². The van der Waals surface area contributed by atoms with Gasteiger partial charge in [-0.2, -0.15) is 22.0 Å². The number of nitrogens with one attached hydrogen (secondary N) is 1. The molecule has 0 spiro atoms. The molecule has 0 heterocycles. The quantitative estimate of drug-likeness (QED) is 0.640. The third kappa shape index (κ3) is 2.52.